The molecule has 11 nitrogen and oxygen atoms in total. The van der Waals surface area contributed by atoms with Gasteiger partial charge in [0, 0.05) is 36.9 Å². The molecule has 0 saturated carbocycles. The fourth-order valence-electron chi connectivity index (χ4n) is 4.27. The lowest BCUT2D eigenvalue weighted by atomic mass is 10.1. The van der Waals surface area contributed by atoms with E-state index in [9.17, 15) is 23.5 Å². The molecule has 4 aromatic rings. The largest absolute Gasteiger partial charge is 0.497 e. The standard InChI is InChI=1S/C29H28F4N4O7/c1-15(2)43-19-13-22(34-23(14-19)42-10-9-38)37-28(40)25(35-27(39)16-5-7-17(8-6-16)44-29(32)33)26(36(37)3)24-20(30)11-18(41-4)12-21(24)31/h5-8,11-15,29,38H,9-10H2,1-4H3,(H,35,39). The number of hydrogen-bond donors (Lipinski definition) is 2. The van der Waals surface area contributed by atoms with Crippen molar-refractivity contribution in [2.24, 2.45) is 7.05 Å². The number of aromatic nitrogens is 3. The molecule has 2 heterocycles. The minimum atomic E-state index is -3.08. The smallest absolute Gasteiger partial charge is 0.387 e. The summed E-state index contributed by atoms with van der Waals surface area (Å²) in [6.45, 7) is -0.0221. The summed E-state index contributed by atoms with van der Waals surface area (Å²) in [7, 11) is 2.54. The molecule has 15 heteroatoms. The summed E-state index contributed by atoms with van der Waals surface area (Å²) in [4.78, 5) is 31.4. The zero-order chi connectivity index (χ0) is 32.1. The number of ether oxygens (including phenoxy) is 4. The van der Waals surface area contributed by atoms with Crippen molar-refractivity contribution in [3.8, 4) is 40.2 Å². The number of methoxy groups -OCH3 is 1. The van der Waals surface area contributed by atoms with Crippen LogP contribution in [-0.4, -0.2) is 58.4 Å². The lowest BCUT2D eigenvalue weighted by Gasteiger charge is -2.15. The molecular formula is C29H28F4N4O7. The number of alkyl halides is 2. The van der Waals surface area contributed by atoms with Crippen molar-refractivity contribution in [3.63, 3.8) is 0 Å². The first-order chi connectivity index (χ1) is 20.9. The van der Waals surface area contributed by atoms with E-state index >= 15 is 8.78 Å². The Morgan fingerprint density at radius 3 is 2.23 bits per heavy atom. The lowest BCUT2D eigenvalue weighted by Crippen LogP contribution is -2.24. The third-order valence-electron chi connectivity index (χ3n) is 6.03. The average Bonchev–Trinajstić information content (AvgIpc) is 3.19. The van der Waals surface area contributed by atoms with Crippen LogP contribution in [0.1, 0.15) is 24.2 Å². The van der Waals surface area contributed by atoms with Gasteiger partial charge in [0.15, 0.2) is 5.82 Å². The third kappa shape index (κ3) is 6.94. The van der Waals surface area contributed by atoms with Gasteiger partial charge in [0.25, 0.3) is 11.5 Å². The van der Waals surface area contributed by atoms with Gasteiger partial charge in [-0.1, -0.05) is 0 Å². The maximum absolute atomic E-state index is 15.4. The van der Waals surface area contributed by atoms with Crippen molar-refractivity contribution in [2.75, 3.05) is 25.6 Å². The topological polar surface area (TPSA) is 126 Å². The number of hydrogen-bond acceptors (Lipinski definition) is 8. The van der Waals surface area contributed by atoms with Crippen LogP contribution in [0.5, 0.6) is 23.1 Å². The summed E-state index contributed by atoms with van der Waals surface area (Å²) in [6.07, 6.45) is -0.300. The van der Waals surface area contributed by atoms with E-state index in [1.165, 1.54) is 38.4 Å². The second kappa shape index (κ2) is 13.5. The Morgan fingerprint density at radius 1 is 1.00 bits per heavy atom. The molecule has 2 aromatic heterocycles. The quantitative estimate of drug-likeness (QED) is 0.221. The predicted molar refractivity (Wildman–Crippen MR) is 150 cm³/mol. The van der Waals surface area contributed by atoms with Gasteiger partial charge in [-0.15, -0.1) is 0 Å². The molecule has 0 aliphatic carbocycles. The van der Waals surface area contributed by atoms with Crippen LogP contribution in [0, 0.1) is 11.6 Å². The van der Waals surface area contributed by atoms with Gasteiger partial charge >= 0.3 is 6.61 Å². The van der Waals surface area contributed by atoms with E-state index in [0.717, 1.165) is 33.6 Å². The lowest BCUT2D eigenvalue weighted by molar-refractivity contribution is -0.0498. The normalized spacial score (nSPS) is 11.2. The number of benzene rings is 2. The zero-order valence-electron chi connectivity index (χ0n) is 23.9. The highest BCUT2D eigenvalue weighted by Crippen LogP contribution is 2.35. The molecule has 2 aromatic carbocycles. The number of anilines is 1. The van der Waals surface area contributed by atoms with Gasteiger partial charge in [-0.3, -0.25) is 14.3 Å². The Morgan fingerprint density at radius 2 is 1.66 bits per heavy atom. The van der Waals surface area contributed by atoms with E-state index in [1.54, 1.807) is 13.8 Å². The van der Waals surface area contributed by atoms with Gasteiger partial charge < -0.3 is 29.4 Å². The maximum atomic E-state index is 15.4. The second-order valence-electron chi connectivity index (χ2n) is 9.43. The van der Waals surface area contributed by atoms with Crippen LogP contribution in [0.4, 0.5) is 23.2 Å². The van der Waals surface area contributed by atoms with Gasteiger partial charge in [0.05, 0.1) is 25.4 Å². The van der Waals surface area contributed by atoms with Crippen LogP contribution >= 0.6 is 0 Å². The van der Waals surface area contributed by atoms with E-state index in [1.807, 2.05) is 0 Å². The Kier molecular flexibility index (Phi) is 9.78. The van der Waals surface area contributed by atoms with Crippen molar-refractivity contribution in [1.29, 1.82) is 0 Å². The summed E-state index contributed by atoms with van der Waals surface area (Å²) in [6, 6.07) is 9.20. The van der Waals surface area contributed by atoms with Crippen molar-refractivity contribution >= 4 is 11.6 Å². The number of halogens is 4. The SMILES string of the molecule is COc1cc(F)c(-c2c(NC(=O)c3ccc(OC(F)F)cc3)c(=O)n(-c3cc(OC(C)C)cc(OCCO)n3)n2C)c(F)c1. The number of pyridine rings is 1. The van der Waals surface area contributed by atoms with Crippen molar-refractivity contribution in [2.45, 2.75) is 26.6 Å². The number of carbonyl (C=O) groups excluding carboxylic acids is 1. The molecule has 0 aliphatic rings. The Balaban J connectivity index is 1.91. The van der Waals surface area contributed by atoms with Gasteiger partial charge in [-0.25, -0.2) is 8.78 Å². The highest BCUT2D eigenvalue weighted by molar-refractivity contribution is 6.06. The fraction of sp³-hybridized carbons (Fsp3) is 0.276. The first-order valence-electron chi connectivity index (χ1n) is 13.1. The Labute approximate surface area is 248 Å². The number of nitrogens with one attached hydrogen (secondary N) is 1. The molecule has 44 heavy (non-hydrogen) atoms. The summed E-state index contributed by atoms with van der Waals surface area (Å²) < 4.78 is 78.3. The molecule has 0 saturated heterocycles. The molecule has 4 rings (SSSR count). The number of aliphatic hydroxyl groups excluding tert-OH is 1. The molecule has 0 bridgehead atoms. The fourth-order valence-corrected chi connectivity index (χ4v) is 4.27. The molecule has 0 spiro atoms. The predicted octanol–water partition coefficient (Wildman–Crippen LogP) is 4.54. The van der Waals surface area contributed by atoms with Gasteiger partial charge in [0.2, 0.25) is 5.88 Å². The average molecular weight is 621 g/mol. The number of amides is 1. The molecule has 0 unspecified atom stereocenters. The maximum Gasteiger partial charge on any atom is 0.387 e. The minimum Gasteiger partial charge on any atom is -0.497 e. The van der Waals surface area contributed by atoms with Crippen molar-refractivity contribution in [1.82, 2.24) is 14.3 Å². The van der Waals surface area contributed by atoms with Crippen LogP contribution in [0.2, 0.25) is 0 Å². The van der Waals surface area contributed by atoms with Crippen LogP contribution in [0.15, 0.2) is 53.3 Å². The minimum absolute atomic E-state index is 0.0275. The number of rotatable bonds is 12. The highest BCUT2D eigenvalue weighted by atomic mass is 19.3. The van der Waals surface area contributed by atoms with Gasteiger partial charge in [-0.2, -0.15) is 18.4 Å². The Hall–Kier alpha value is -5.05. The van der Waals surface area contributed by atoms with E-state index in [4.69, 9.17) is 14.2 Å². The molecule has 1 amide bonds. The summed E-state index contributed by atoms with van der Waals surface area (Å²) in [5.74, 6) is -3.34. The van der Waals surface area contributed by atoms with E-state index in [2.05, 4.69) is 15.0 Å². The summed E-state index contributed by atoms with van der Waals surface area (Å²) in [5.41, 5.74) is -2.57. The molecule has 2 N–H and O–H groups in total. The van der Waals surface area contributed by atoms with Crippen molar-refractivity contribution < 1.29 is 46.4 Å². The molecule has 0 aliphatic heterocycles. The monoisotopic (exact) mass is 620 g/mol. The molecule has 0 fully saturated rings. The zero-order valence-corrected chi connectivity index (χ0v) is 23.9. The highest BCUT2D eigenvalue weighted by Gasteiger charge is 2.28. The van der Waals surface area contributed by atoms with E-state index in [0.29, 0.717) is 0 Å². The van der Waals surface area contributed by atoms with Gasteiger partial charge in [-0.05, 0) is 38.1 Å². The first-order valence-corrected chi connectivity index (χ1v) is 13.1. The second-order valence-corrected chi connectivity index (χ2v) is 9.43. The number of carbonyl (C=O) groups is 1. The Bertz CT molecular complexity index is 1680. The summed E-state index contributed by atoms with van der Waals surface area (Å²) >= 11 is 0. The molecule has 234 valence electrons. The summed E-state index contributed by atoms with van der Waals surface area (Å²) in [5, 5.41) is 11.6. The number of nitrogens with zero attached hydrogens (tertiary/aromatic N) is 3. The van der Waals surface area contributed by atoms with Crippen LogP contribution in [0.25, 0.3) is 17.1 Å². The van der Waals surface area contributed by atoms with E-state index < -0.39 is 41.0 Å². The molecule has 0 atom stereocenters. The number of aliphatic hydroxyl groups is 1. The molecular weight excluding hydrogens is 592 g/mol. The first kappa shape index (κ1) is 31.9. The van der Waals surface area contributed by atoms with Crippen LogP contribution < -0.4 is 29.8 Å². The van der Waals surface area contributed by atoms with Crippen LogP contribution in [-0.2, 0) is 7.05 Å². The molecule has 0 radical (unpaired) electrons. The van der Waals surface area contributed by atoms with Crippen LogP contribution in [0.3, 0.4) is 0 Å². The van der Waals surface area contributed by atoms with Crippen molar-refractivity contribution in [3.05, 3.63) is 76.1 Å². The third-order valence-corrected chi connectivity index (χ3v) is 6.03. The van der Waals surface area contributed by atoms with Gasteiger partial charge in [0.1, 0.15) is 46.9 Å². The van der Waals surface area contributed by atoms with E-state index in [-0.39, 0.29) is 59.5 Å².